The topological polar surface area (TPSA) is 92.8 Å². The van der Waals surface area contributed by atoms with E-state index < -0.39 is 13.4 Å². The van der Waals surface area contributed by atoms with Gasteiger partial charge < -0.3 is 19.9 Å². The van der Waals surface area contributed by atoms with Gasteiger partial charge in [-0.15, -0.1) is 0 Å². The van der Waals surface area contributed by atoms with Gasteiger partial charge >= 0.3 is 7.82 Å². The van der Waals surface area contributed by atoms with Crippen molar-refractivity contribution >= 4 is 18.7 Å². The summed E-state index contributed by atoms with van der Waals surface area (Å²) < 4.78 is 27.3. The van der Waals surface area contributed by atoms with E-state index in [0.29, 0.717) is 5.75 Å². The third-order valence-electron chi connectivity index (χ3n) is 3.21. The van der Waals surface area contributed by atoms with E-state index in [1.165, 1.54) is 0 Å². The molecule has 0 bridgehead atoms. The number of aromatic amines is 1. The maximum atomic E-state index is 11.9. The van der Waals surface area contributed by atoms with Crippen LogP contribution in [0.1, 0.15) is 26.3 Å². The van der Waals surface area contributed by atoms with Crippen LogP contribution in [-0.2, 0) is 20.0 Å². The van der Waals surface area contributed by atoms with Crippen LogP contribution in [0.3, 0.4) is 0 Å². The number of rotatable bonds is 8. The molecule has 1 unspecified atom stereocenters. The lowest BCUT2D eigenvalue weighted by atomic mass is 10.1. The molecule has 0 saturated carbocycles. The second kappa shape index (κ2) is 7.68. The minimum Gasteiger partial charge on any atom is -0.466 e. The van der Waals surface area contributed by atoms with E-state index in [-0.39, 0.29) is 6.79 Å². The Morgan fingerprint density at radius 2 is 2.08 bits per heavy atom. The molecule has 134 valence electrons. The van der Waals surface area contributed by atoms with Gasteiger partial charge in [-0.2, -0.15) is 0 Å². The zero-order valence-corrected chi connectivity index (χ0v) is 15.4. The Balaban J connectivity index is 2.07. The highest BCUT2D eigenvalue weighted by molar-refractivity contribution is 7.47. The molecule has 7 nitrogen and oxygen atoms in total. The first-order valence-corrected chi connectivity index (χ1v) is 9.26. The monoisotopic (exact) mass is 356 g/mol. The highest BCUT2D eigenvalue weighted by Gasteiger charge is 2.29. The van der Waals surface area contributed by atoms with E-state index in [2.05, 4.69) is 10.3 Å². The molecule has 8 heteroatoms. The van der Waals surface area contributed by atoms with Crippen molar-refractivity contribution in [3.63, 3.8) is 0 Å². The molecule has 0 aliphatic carbocycles. The van der Waals surface area contributed by atoms with Crippen LogP contribution >= 0.6 is 7.82 Å². The van der Waals surface area contributed by atoms with Gasteiger partial charge in [-0.25, -0.2) is 9.09 Å². The molecule has 1 atom stereocenters. The molecular weight excluding hydrogens is 331 g/mol. The largest absolute Gasteiger partial charge is 0.475 e. The van der Waals surface area contributed by atoms with E-state index in [0.717, 1.165) is 29.4 Å². The molecule has 0 spiro atoms. The Morgan fingerprint density at radius 3 is 2.75 bits per heavy atom. The Labute approximate surface area is 141 Å². The number of likely N-dealkylation sites (N-methyl/N-ethyl adjacent to an activating group) is 1. The first-order chi connectivity index (χ1) is 11.2. The van der Waals surface area contributed by atoms with E-state index in [1.54, 1.807) is 26.8 Å². The van der Waals surface area contributed by atoms with Crippen molar-refractivity contribution in [2.45, 2.75) is 32.8 Å². The Hall–Kier alpha value is -1.37. The standard InChI is InChI=1S/C16H25N2O5P/c1-16(2,3)23-24(19,20)22-11-21-14-7-5-6-13-15(14)12(10-18-13)8-9-17-4/h5-7,10,17-18H,8-9,11H2,1-4H3,(H,19,20). The first kappa shape index (κ1) is 19.0. The van der Waals surface area contributed by atoms with Crippen molar-refractivity contribution in [3.05, 3.63) is 30.0 Å². The number of nitrogens with one attached hydrogen (secondary N) is 2. The number of hydrogen-bond donors (Lipinski definition) is 3. The highest BCUT2D eigenvalue weighted by atomic mass is 31.2. The minimum absolute atomic E-state index is 0.375. The number of phosphoric ester groups is 1. The molecule has 0 radical (unpaired) electrons. The van der Waals surface area contributed by atoms with E-state index in [1.807, 2.05) is 25.4 Å². The van der Waals surface area contributed by atoms with Gasteiger partial charge in [0.15, 0.2) is 6.79 Å². The zero-order chi connectivity index (χ0) is 17.8. The maximum Gasteiger partial charge on any atom is 0.475 e. The van der Waals surface area contributed by atoms with Gasteiger partial charge in [0.25, 0.3) is 0 Å². The predicted molar refractivity (Wildman–Crippen MR) is 93.2 cm³/mol. The summed E-state index contributed by atoms with van der Waals surface area (Å²) in [6, 6.07) is 5.60. The van der Waals surface area contributed by atoms with Crippen LogP contribution in [0.15, 0.2) is 24.4 Å². The van der Waals surface area contributed by atoms with Crippen molar-refractivity contribution in [1.82, 2.24) is 10.3 Å². The summed E-state index contributed by atoms with van der Waals surface area (Å²) in [6.45, 7) is 5.49. The lowest BCUT2D eigenvalue weighted by molar-refractivity contribution is 0.0265. The molecule has 0 aliphatic rings. The molecule has 2 rings (SSSR count). The summed E-state index contributed by atoms with van der Waals surface area (Å²) in [5.74, 6) is 0.593. The van der Waals surface area contributed by atoms with E-state index >= 15 is 0 Å². The second-order valence-electron chi connectivity index (χ2n) is 6.41. The summed E-state index contributed by atoms with van der Waals surface area (Å²) in [5.41, 5.74) is 1.26. The normalized spacial score (nSPS) is 14.7. The van der Waals surface area contributed by atoms with Crippen molar-refractivity contribution in [2.75, 3.05) is 20.4 Å². The summed E-state index contributed by atoms with van der Waals surface area (Å²) in [5, 5.41) is 4.05. The van der Waals surface area contributed by atoms with Crippen molar-refractivity contribution in [2.24, 2.45) is 0 Å². The second-order valence-corrected chi connectivity index (χ2v) is 7.79. The molecule has 0 amide bonds. The average molecular weight is 356 g/mol. The smallest absolute Gasteiger partial charge is 0.466 e. The average Bonchev–Trinajstić information content (AvgIpc) is 2.86. The van der Waals surface area contributed by atoms with Crippen LogP contribution in [0, 0.1) is 0 Å². The fraction of sp³-hybridized carbons (Fsp3) is 0.500. The Kier molecular flexibility index (Phi) is 6.06. The van der Waals surface area contributed by atoms with Crippen molar-refractivity contribution in [3.8, 4) is 5.75 Å². The molecule has 1 aromatic heterocycles. The van der Waals surface area contributed by atoms with E-state index in [4.69, 9.17) is 13.8 Å². The summed E-state index contributed by atoms with van der Waals surface area (Å²) >= 11 is 0. The highest BCUT2D eigenvalue weighted by Crippen LogP contribution is 2.47. The number of fused-ring (bicyclic) bond motifs is 1. The fourth-order valence-corrected chi connectivity index (χ4v) is 3.26. The van der Waals surface area contributed by atoms with Gasteiger partial charge in [0.05, 0.1) is 5.60 Å². The van der Waals surface area contributed by atoms with Gasteiger partial charge in [-0.1, -0.05) is 6.07 Å². The lowest BCUT2D eigenvalue weighted by Gasteiger charge is -2.22. The number of ether oxygens (including phenoxy) is 1. The Bertz CT molecular complexity index is 723. The molecule has 0 saturated heterocycles. The SMILES string of the molecule is CNCCc1c[nH]c2cccc(OCOP(=O)(O)OC(C)(C)C)c12. The van der Waals surface area contributed by atoms with Gasteiger partial charge in [0, 0.05) is 17.1 Å². The first-order valence-electron chi connectivity index (χ1n) is 7.76. The number of aromatic nitrogens is 1. The minimum atomic E-state index is -4.17. The van der Waals surface area contributed by atoms with Crippen LogP contribution in [0.2, 0.25) is 0 Å². The molecule has 0 fully saturated rings. The number of phosphoric acid groups is 1. The third-order valence-corrected chi connectivity index (χ3v) is 4.42. The molecule has 3 N–H and O–H groups in total. The van der Waals surface area contributed by atoms with Gasteiger partial charge in [-0.05, 0) is 58.5 Å². The number of hydrogen-bond acceptors (Lipinski definition) is 5. The van der Waals surface area contributed by atoms with Crippen LogP contribution in [0.25, 0.3) is 10.9 Å². The molecule has 1 heterocycles. The predicted octanol–water partition coefficient (Wildman–Crippen LogP) is 3.20. The number of benzene rings is 1. The number of H-pyrrole nitrogens is 1. The molecule has 24 heavy (non-hydrogen) atoms. The van der Waals surface area contributed by atoms with Crippen LogP contribution in [0.4, 0.5) is 0 Å². The zero-order valence-electron chi connectivity index (χ0n) is 14.5. The molecule has 1 aromatic carbocycles. The maximum absolute atomic E-state index is 11.9. The molecule has 2 aromatic rings. The molecule has 0 aliphatic heterocycles. The molecular formula is C16H25N2O5P. The summed E-state index contributed by atoms with van der Waals surface area (Å²) in [7, 11) is -2.27. The van der Waals surface area contributed by atoms with Crippen molar-refractivity contribution < 1.29 is 23.2 Å². The van der Waals surface area contributed by atoms with Gasteiger partial charge in [0.2, 0.25) is 0 Å². The third kappa shape index (κ3) is 5.33. The van der Waals surface area contributed by atoms with Crippen LogP contribution in [0.5, 0.6) is 5.75 Å². The quantitative estimate of drug-likeness (QED) is 0.497. The van der Waals surface area contributed by atoms with E-state index in [9.17, 15) is 9.46 Å². The summed E-state index contributed by atoms with van der Waals surface area (Å²) in [6.07, 6.45) is 2.78. The van der Waals surface area contributed by atoms with Crippen molar-refractivity contribution in [1.29, 1.82) is 0 Å². The Morgan fingerprint density at radius 1 is 1.33 bits per heavy atom. The fourth-order valence-electron chi connectivity index (χ4n) is 2.33. The van der Waals surface area contributed by atoms with Gasteiger partial charge in [0.1, 0.15) is 5.75 Å². The van der Waals surface area contributed by atoms with Gasteiger partial charge in [-0.3, -0.25) is 4.52 Å². The van der Waals surface area contributed by atoms with Crippen LogP contribution < -0.4 is 10.1 Å². The lowest BCUT2D eigenvalue weighted by Crippen LogP contribution is -2.18. The summed E-state index contributed by atoms with van der Waals surface area (Å²) in [4.78, 5) is 12.9. The van der Waals surface area contributed by atoms with Crippen LogP contribution in [-0.4, -0.2) is 35.9 Å².